The first-order valence-corrected chi connectivity index (χ1v) is 9.74. The van der Waals surface area contributed by atoms with Crippen molar-refractivity contribution in [3.8, 4) is 0 Å². The van der Waals surface area contributed by atoms with Crippen LogP contribution in [0.15, 0.2) is 72.9 Å². The minimum absolute atomic E-state index is 0.114. The molecule has 2 unspecified atom stereocenters. The summed E-state index contributed by atoms with van der Waals surface area (Å²) in [6.45, 7) is 3.96. The summed E-state index contributed by atoms with van der Waals surface area (Å²) < 4.78 is 0. The SMILES string of the molecule is Cc1ccc(N2C(=O)c3cccnc3C2CC(=O)NC(C)c2ccccc2)cc1. The second-order valence-electron chi connectivity index (χ2n) is 7.37. The summed E-state index contributed by atoms with van der Waals surface area (Å²) in [7, 11) is 0. The van der Waals surface area contributed by atoms with Gasteiger partial charge in [-0.05, 0) is 43.7 Å². The topological polar surface area (TPSA) is 62.3 Å². The van der Waals surface area contributed by atoms with Crippen molar-refractivity contribution >= 4 is 17.5 Å². The molecule has 4 rings (SSSR count). The predicted octanol–water partition coefficient (Wildman–Crippen LogP) is 4.36. The first-order valence-electron chi connectivity index (χ1n) is 9.74. The van der Waals surface area contributed by atoms with Crippen molar-refractivity contribution < 1.29 is 9.59 Å². The van der Waals surface area contributed by atoms with Gasteiger partial charge in [0.15, 0.2) is 0 Å². The van der Waals surface area contributed by atoms with E-state index < -0.39 is 6.04 Å². The van der Waals surface area contributed by atoms with Gasteiger partial charge in [-0.3, -0.25) is 19.5 Å². The highest BCUT2D eigenvalue weighted by Gasteiger charge is 2.40. The molecule has 1 N–H and O–H groups in total. The van der Waals surface area contributed by atoms with Gasteiger partial charge in [0.1, 0.15) is 0 Å². The summed E-state index contributed by atoms with van der Waals surface area (Å²) in [6, 6.07) is 20.6. The van der Waals surface area contributed by atoms with Crippen molar-refractivity contribution in [3.63, 3.8) is 0 Å². The lowest BCUT2D eigenvalue weighted by Gasteiger charge is -2.25. The van der Waals surface area contributed by atoms with E-state index >= 15 is 0 Å². The molecular formula is C24H23N3O2. The molecule has 146 valence electrons. The molecule has 0 saturated carbocycles. The second kappa shape index (κ2) is 7.87. The molecule has 0 spiro atoms. The Morgan fingerprint density at radius 1 is 1.07 bits per heavy atom. The number of aryl methyl sites for hydroxylation is 1. The molecule has 0 bridgehead atoms. The van der Waals surface area contributed by atoms with Gasteiger partial charge in [0, 0.05) is 11.9 Å². The van der Waals surface area contributed by atoms with Crippen molar-refractivity contribution in [2.24, 2.45) is 0 Å². The van der Waals surface area contributed by atoms with E-state index in [0.29, 0.717) is 11.3 Å². The average molecular weight is 385 g/mol. The number of pyridine rings is 1. The summed E-state index contributed by atoms with van der Waals surface area (Å²) in [6.07, 6.45) is 1.82. The number of aromatic nitrogens is 1. The fraction of sp³-hybridized carbons (Fsp3) is 0.208. The molecule has 2 atom stereocenters. The van der Waals surface area contributed by atoms with Crippen LogP contribution in [0.25, 0.3) is 0 Å². The summed E-state index contributed by atoms with van der Waals surface area (Å²) in [5.41, 5.74) is 4.13. The Labute approximate surface area is 170 Å². The molecule has 0 saturated heterocycles. The summed E-state index contributed by atoms with van der Waals surface area (Å²) >= 11 is 0. The maximum Gasteiger partial charge on any atom is 0.260 e. The highest BCUT2D eigenvalue weighted by atomic mass is 16.2. The van der Waals surface area contributed by atoms with Gasteiger partial charge in [-0.15, -0.1) is 0 Å². The minimum atomic E-state index is -0.427. The molecule has 2 amide bonds. The van der Waals surface area contributed by atoms with Crippen LogP contribution in [0.3, 0.4) is 0 Å². The molecule has 5 heteroatoms. The Morgan fingerprint density at radius 3 is 2.52 bits per heavy atom. The first-order chi connectivity index (χ1) is 14.0. The van der Waals surface area contributed by atoms with Crippen LogP contribution in [-0.2, 0) is 4.79 Å². The monoisotopic (exact) mass is 385 g/mol. The van der Waals surface area contributed by atoms with Crippen LogP contribution in [0.1, 0.15) is 52.6 Å². The molecular weight excluding hydrogens is 362 g/mol. The molecule has 0 fully saturated rings. The Hall–Kier alpha value is -3.47. The molecule has 1 aliphatic rings. The summed E-state index contributed by atoms with van der Waals surface area (Å²) in [4.78, 5) is 32.0. The molecule has 5 nitrogen and oxygen atoms in total. The van der Waals surface area contributed by atoms with Crippen LogP contribution in [0.4, 0.5) is 5.69 Å². The van der Waals surface area contributed by atoms with Gasteiger partial charge < -0.3 is 5.32 Å². The number of nitrogens with zero attached hydrogens (tertiary/aromatic N) is 2. The predicted molar refractivity (Wildman–Crippen MR) is 113 cm³/mol. The maximum absolute atomic E-state index is 13.1. The fourth-order valence-corrected chi connectivity index (χ4v) is 3.75. The average Bonchev–Trinajstić information content (AvgIpc) is 3.01. The largest absolute Gasteiger partial charge is 0.350 e. The van der Waals surface area contributed by atoms with E-state index in [1.54, 1.807) is 23.2 Å². The van der Waals surface area contributed by atoms with Gasteiger partial charge in [-0.1, -0.05) is 48.0 Å². The molecule has 2 heterocycles. The number of nitrogens with one attached hydrogen (secondary N) is 1. The zero-order valence-corrected chi connectivity index (χ0v) is 16.5. The minimum Gasteiger partial charge on any atom is -0.350 e. The summed E-state index contributed by atoms with van der Waals surface area (Å²) in [5, 5.41) is 3.05. The third kappa shape index (κ3) is 3.76. The van der Waals surface area contributed by atoms with E-state index in [4.69, 9.17) is 0 Å². The van der Waals surface area contributed by atoms with Gasteiger partial charge in [0.25, 0.3) is 5.91 Å². The standard InChI is InChI=1S/C24H23N3O2/c1-16-10-12-19(13-11-16)27-21(23-20(24(27)29)9-6-14-25-23)15-22(28)26-17(2)18-7-4-3-5-8-18/h3-14,17,21H,15H2,1-2H3,(H,26,28). The van der Waals surface area contributed by atoms with Gasteiger partial charge in [0.05, 0.1) is 29.8 Å². The third-order valence-corrected chi connectivity index (χ3v) is 5.28. The third-order valence-electron chi connectivity index (χ3n) is 5.28. The highest BCUT2D eigenvalue weighted by molar-refractivity contribution is 6.11. The maximum atomic E-state index is 13.1. The molecule has 1 aromatic heterocycles. The Bertz CT molecular complexity index is 1030. The van der Waals surface area contributed by atoms with Crippen molar-refractivity contribution in [1.29, 1.82) is 0 Å². The zero-order chi connectivity index (χ0) is 20.4. The lowest BCUT2D eigenvalue weighted by molar-refractivity contribution is -0.122. The van der Waals surface area contributed by atoms with Crippen LogP contribution < -0.4 is 10.2 Å². The van der Waals surface area contributed by atoms with Crippen LogP contribution in [-0.4, -0.2) is 16.8 Å². The van der Waals surface area contributed by atoms with Gasteiger partial charge in [-0.25, -0.2) is 0 Å². The van der Waals surface area contributed by atoms with Crippen LogP contribution in [0.5, 0.6) is 0 Å². The fourth-order valence-electron chi connectivity index (χ4n) is 3.75. The molecule has 29 heavy (non-hydrogen) atoms. The molecule has 2 aromatic carbocycles. The molecule has 3 aromatic rings. The van der Waals surface area contributed by atoms with E-state index in [1.165, 1.54) is 0 Å². The van der Waals surface area contributed by atoms with Crippen molar-refractivity contribution in [2.75, 3.05) is 4.90 Å². The van der Waals surface area contributed by atoms with Gasteiger partial charge in [0.2, 0.25) is 5.91 Å². The number of benzene rings is 2. The van der Waals surface area contributed by atoms with E-state index in [0.717, 1.165) is 16.8 Å². The van der Waals surface area contributed by atoms with Crippen molar-refractivity contribution in [2.45, 2.75) is 32.4 Å². The second-order valence-corrected chi connectivity index (χ2v) is 7.37. The molecule has 1 aliphatic heterocycles. The number of anilines is 1. The number of hydrogen-bond acceptors (Lipinski definition) is 3. The summed E-state index contributed by atoms with van der Waals surface area (Å²) in [5.74, 6) is -0.236. The Morgan fingerprint density at radius 2 is 1.79 bits per heavy atom. The van der Waals surface area contributed by atoms with Crippen molar-refractivity contribution in [1.82, 2.24) is 10.3 Å². The van der Waals surface area contributed by atoms with Crippen LogP contribution in [0.2, 0.25) is 0 Å². The Kier molecular flexibility index (Phi) is 5.12. The van der Waals surface area contributed by atoms with E-state index in [9.17, 15) is 9.59 Å². The highest BCUT2D eigenvalue weighted by Crippen LogP contribution is 2.38. The first kappa shape index (κ1) is 18.9. The number of carbonyl (C=O) groups is 2. The van der Waals surface area contributed by atoms with Crippen molar-refractivity contribution in [3.05, 3.63) is 95.3 Å². The van der Waals surface area contributed by atoms with E-state index in [-0.39, 0.29) is 24.3 Å². The van der Waals surface area contributed by atoms with E-state index in [2.05, 4.69) is 10.3 Å². The van der Waals surface area contributed by atoms with Crippen LogP contribution in [0, 0.1) is 6.92 Å². The quantitative estimate of drug-likeness (QED) is 0.710. The lowest BCUT2D eigenvalue weighted by atomic mass is 10.1. The number of rotatable bonds is 5. The zero-order valence-electron chi connectivity index (χ0n) is 16.5. The smallest absolute Gasteiger partial charge is 0.260 e. The van der Waals surface area contributed by atoms with E-state index in [1.807, 2.05) is 68.4 Å². The molecule has 0 aliphatic carbocycles. The Balaban J connectivity index is 1.59. The van der Waals surface area contributed by atoms with Gasteiger partial charge in [-0.2, -0.15) is 0 Å². The van der Waals surface area contributed by atoms with Crippen LogP contribution >= 0.6 is 0 Å². The molecule has 0 radical (unpaired) electrons. The number of hydrogen-bond donors (Lipinski definition) is 1. The lowest BCUT2D eigenvalue weighted by Crippen LogP contribution is -2.34. The number of fused-ring (bicyclic) bond motifs is 1. The normalized spacial score (nSPS) is 16.4. The van der Waals surface area contributed by atoms with Gasteiger partial charge >= 0.3 is 0 Å². The number of amides is 2. The number of carbonyl (C=O) groups excluding carboxylic acids is 2.